The number of halogens is 1. The number of esters is 1. The summed E-state index contributed by atoms with van der Waals surface area (Å²) in [4.78, 5) is 31.7. The van der Waals surface area contributed by atoms with Crippen molar-refractivity contribution in [2.75, 3.05) is 19.7 Å². The first-order valence-electron chi connectivity index (χ1n) is 10.7. The summed E-state index contributed by atoms with van der Waals surface area (Å²) in [7, 11) is 0. The molecular weight excluding hydrogens is 415 g/mol. The van der Waals surface area contributed by atoms with E-state index in [0.717, 1.165) is 32.4 Å². The van der Waals surface area contributed by atoms with Gasteiger partial charge in [-0.3, -0.25) is 14.5 Å². The molecule has 1 amide bonds. The zero-order valence-electron chi connectivity index (χ0n) is 17.6. The first-order valence-corrected chi connectivity index (χ1v) is 10.7. The van der Waals surface area contributed by atoms with Crippen molar-refractivity contribution >= 4 is 23.0 Å². The zero-order chi connectivity index (χ0) is 22.2. The van der Waals surface area contributed by atoms with Crippen LogP contribution >= 0.6 is 0 Å². The molecule has 2 aromatic heterocycles. The lowest BCUT2D eigenvalue weighted by Crippen LogP contribution is -2.49. The number of hydrogen-bond acceptors (Lipinski definition) is 7. The molecule has 1 N–H and O–H groups in total. The second kappa shape index (κ2) is 8.31. The van der Waals surface area contributed by atoms with E-state index in [4.69, 9.17) is 9.26 Å². The van der Waals surface area contributed by atoms with Crippen LogP contribution in [0.1, 0.15) is 35.3 Å². The molecule has 2 saturated heterocycles. The van der Waals surface area contributed by atoms with Crippen molar-refractivity contribution in [1.29, 1.82) is 0 Å². The highest BCUT2D eigenvalue weighted by Gasteiger charge is 2.35. The van der Waals surface area contributed by atoms with Crippen LogP contribution in [0.25, 0.3) is 22.4 Å². The van der Waals surface area contributed by atoms with Gasteiger partial charge in [-0.2, -0.15) is 0 Å². The predicted octanol–water partition coefficient (Wildman–Crippen LogP) is 2.85. The number of ether oxygens (including phenoxy) is 1. The van der Waals surface area contributed by atoms with E-state index < -0.39 is 0 Å². The Kier molecular flexibility index (Phi) is 5.34. The third-order valence-electron chi connectivity index (χ3n) is 6.21. The Morgan fingerprint density at radius 3 is 2.62 bits per heavy atom. The molecule has 0 aliphatic carbocycles. The van der Waals surface area contributed by atoms with Crippen molar-refractivity contribution in [3.63, 3.8) is 0 Å². The van der Waals surface area contributed by atoms with E-state index in [1.165, 1.54) is 12.1 Å². The van der Waals surface area contributed by atoms with Crippen molar-refractivity contribution in [3.8, 4) is 11.3 Å². The van der Waals surface area contributed by atoms with Gasteiger partial charge >= 0.3 is 5.97 Å². The number of benzene rings is 1. The third-order valence-corrected chi connectivity index (χ3v) is 6.21. The predicted molar refractivity (Wildman–Crippen MR) is 113 cm³/mol. The molecule has 2 fully saturated rings. The van der Waals surface area contributed by atoms with Gasteiger partial charge in [-0.15, -0.1) is 0 Å². The van der Waals surface area contributed by atoms with Gasteiger partial charge < -0.3 is 14.6 Å². The number of cyclic esters (lactones) is 1. The Balaban J connectivity index is 1.35. The molecule has 0 unspecified atom stereocenters. The van der Waals surface area contributed by atoms with Gasteiger partial charge in [-0.05, 0) is 50.1 Å². The number of likely N-dealkylation sites (tertiary alicyclic amines) is 1. The summed E-state index contributed by atoms with van der Waals surface area (Å²) in [5.74, 6) is -0.728. The van der Waals surface area contributed by atoms with E-state index in [1.54, 1.807) is 25.1 Å². The average molecular weight is 438 g/mol. The molecule has 1 aromatic carbocycles. The molecular formula is C23H23FN4O4. The average Bonchev–Trinajstić information content (AvgIpc) is 3.40. The molecule has 5 rings (SSSR count). The highest BCUT2D eigenvalue weighted by molar-refractivity contribution is 6.07. The number of carbonyl (C=O) groups excluding carboxylic acids is 2. The van der Waals surface area contributed by atoms with Crippen LogP contribution in [-0.4, -0.2) is 58.7 Å². The Labute approximate surface area is 183 Å². The van der Waals surface area contributed by atoms with Gasteiger partial charge in [0, 0.05) is 31.1 Å². The number of pyridine rings is 1. The minimum absolute atomic E-state index is 0.00572. The van der Waals surface area contributed by atoms with Gasteiger partial charge in [0.15, 0.2) is 0 Å². The molecule has 2 aliphatic rings. The number of nitrogens with one attached hydrogen (secondary N) is 1. The summed E-state index contributed by atoms with van der Waals surface area (Å²) in [6.45, 7) is 3.70. The van der Waals surface area contributed by atoms with Crippen LogP contribution in [0.4, 0.5) is 4.39 Å². The van der Waals surface area contributed by atoms with E-state index >= 15 is 0 Å². The molecule has 0 saturated carbocycles. The van der Waals surface area contributed by atoms with Gasteiger partial charge in [0.05, 0.1) is 28.9 Å². The van der Waals surface area contributed by atoms with E-state index in [-0.39, 0.29) is 35.5 Å². The van der Waals surface area contributed by atoms with Crippen LogP contribution in [-0.2, 0) is 9.53 Å². The largest absolute Gasteiger partial charge is 0.464 e. The van der Waals surface area contributed by atoms with Crippen LogP contribution in [0.3, 0.4) is 0 Å². The lowest BCUT2D eigenvalue weighted by molar-refractivity contribution is -0.142. The topological polar surface area (TPSA) is 97.6 Å². The molecule has 1 atom stereocenters. The maximum atomic E-state index is 13.3. The smallest absolute Gasteiger partial charge is 0.323 e. The highest BCUT2D eigenvalue weighted by Crippen LogP contribution is 2.28. The Bertz CT molecular complexity index is 1170. The van der Waals surface area contributed by atoms with Crippen molar-refractivity contribution in [1.82, 2.24) is 20.4 Å². The molecule has 32 heavy (non-hydrogen) atoms. The van der Waals surface area contributed by atoms with Gasteiger partial charge in [0.25, 0.3) is 11.6 Å². The quantitative estimate of drug-likeness (QED) is 0.626. The van der Waals surface area contributed by atoms with Gasteiger partial charge in [-0.25, -0.2) is 9.37 Å². The monoisotopic (exact) mass is 438 g/mol. The van der Waals surface area contributed by atoms with Crippen molar-refractivity contribution in [3.05, 3.63) is 47.4 Å². The summed E-state index contributed by atoms with van der Waals surface area (Å²) in [5.41, 5.74) is 2.46. The second-order valence-electron chi connectivity index (χ2n) is 8.27. The third kappa shape index (κ3) is 3.84. The lowest BCUT2D eigenvalue weighted by Gasteiger charge is -2.34. The number of rotatable bonds is 4. The van der Waals surface area contributed by atoms with Crippen LogP contribution in [0, 0.1) is 12.7 Å². The molecule has 8 nitrogen and oxygen atoms in total. The fourth-order valence-electron chi connectivity index (χ4n) is 4.48. The summed E-state index contributed by atoms with van der Waals surface area (Å²) in [5, 5.41) is 7.65. The van der Waals surface area contributed by atoms with Crippen molar-refractivity contribution in [2.45, 2.75) is 38.3 Å². The Morgan fingerprint density at radius 1 is 1.19 bits per heavy atom. The maximum Gasteiger partial charge on any atom is 0.323 e. The molecule has 166 valence electrons. The van der Waals surface area contributed by atoms with E-state index in [0.29, 0.717) is 34.5 Å². The SMILES string of the molecule is Cc1noc2nc(-c3ccc(F)cc3)cc(C(=O)NC3CCN([C@@H]4CCOC4=O)CC3)c12. The van der Waals surface area contributed by atoms with Crippen molar-refractivity contribution < 1.29 is 23.2 Å². The Morgan fingerprint density at radius 2 is 1.94 bits per heavy atom. The van der Waals surface area contributed by atoms with Crippen LogP contribution in [0.2, 0.25) is 0 Å². The van der Waals surface area contributed by atoms with E-state index in [9.17, 15) is 14.0 Å². The first-order chi connectivity index (χ1) is 15.5. The lowest BCUT2D eigenvalue weighted by atomic mass is 10.0. The fourth-order valence-corrected chi connectivity index (χ4v) is 4.48. The van der Waals surface area contributed by atoms with E-state index in [2.05, 4.69) is 20.4 Å². The molecule has 3 aromatic rings. The molecule has 0 bridgehead atoms. The zero-order valence-corrected chi connectivity index (χ0v) is 17.6. The van der Waals surface area contributed by atoms with E-state index in [1.807, 2.05) is 0 Å². The number of carbonyl (C=O) groups is 2. The minimum atomic E-state index is -0.347. The second-order valence-corrected chi connectivity index (χ2v) is 8.27. The minimum Gasteiger partial charge on any atom is -0.464 e. The van der Waals surface area contributed by atoms with Gasteiger partial charge in [-0.1, -0.05) is 5.16 Å². The number of piperidine rings is 1. The van der Waals surface area contributed by atoms with Gasteiger partial charge in [0.2, 0.25) is 0 Å². The fraction of sp³-hybridized carbons (Fsp3) is 0.391. The summed E-state index contributed by atoms with van der Waals surface area (Å²) in [6.07, 6.45) is 2.22. The number of amides is 1. The first kappa shape index (κ1) is 20.6. The molecule has 2 aliphatic heterocycles. The summed E-state index contributed by atoms with van der Waals surface area (Å²) >= 11 is 0. The van der Waals surface area contributed by atoms with Crippen LogP contribution < -0.4 is 5.32 Å². The number of hydrogen-bond donors (Lipinski definition) is 1. The van der Waals surface area contributed by atoms with Gasteiger partial charge in [0.1, 0.15) is 11.9 Å². The molecule has 4 heterocycles. The highest BCUT2D eigenvalue weighted by atomic mass is 19.1. The van der Waals surface area contributed by atoms with Crippen LogP contribution in [0.5, 0.6) is 0 Å². The molecule has 0 radical (unpaired) electrons. The van der Waals surface area contributed by atoms with Crippen molar-refractivity contribution in [2.24, 2.45) is 0 Å². The molecule has 0 spiro atoms. The summed E-state index contributed by atoms with van der Waals surface area (Å²) in [6, 6.07) is 7.44. The summed E-state index contributed by atoms with van der Waals surface area (Å²) < 4.78 is 23.7. The Hall–Kier alpha value is -3.33. The maximum absolute atomic E-state index is 13.3. The molecule has 9 heteroatoms. The number of aryl methyl sites for hydroxylation is 1. The number of fused-ring (bicyclic) bond motifs is 1. The number of nitrogens with zero attached hydrogens (tertiary/aromatic N) is 3. The van der Waals surface area contributed by atoms with Crippen LogP contribution in [0.15, 0.2) is 34.9 Å². The number of aromatic nitrogens is 2. The normalized spacial score (nSPS) is 19.9. The standard InChI is InChI=1S/C23H23FN4O4/c1-13-20-17(12-18(26-22(20)32-27-13)14-2-4-15(24)5-3-14)21(29)25-16-6-9-28(10-7-16)19-8-11-31-23(19)30/h2-5,12,16,19H,6-11H2,1H3,(H,25,29)/t19-/m1/s1.